The lowest BCUT2D eigenvalue weighted by Gasteiger charge is -2.19. The normalized spacial score (nSPS) is 11.2. The molecule has 0 saturated carbocycles. The molecule has 0 bridgehead atoms. The molecule has 3 N–H and O–H groups in total. The molecule has 1 heterocycles. The van der Waals surface area contributed by atoms with Crippen LogP contribution < -0.4 is 15.8 Å². The van der Waals surface area contributed by atoms with Gasteiger partial charge in [0.15, 0.2) is 6.61 Å². The van der Waals surface area contributed by atoms with Crippen molar-refractivity contribution in [3.63, 3.8) is 0 Å². The molecule has 0 aliphatic rings. The molecule has 8 heteroatoms. The van der Waals surface area contributed by atoms with Gasteiger partial charge in [0.2, 0.25) is 0 Å². The first-order valence-corrected chi connectivity index (χ1v) is 10.4. The van der Waals surface area contributed by atoms with E-state index in [0.29, 0.717) is 21.3 Å². The summed E-state index contributed by atoms with van der Waals surface area (Å²) >= 11 is 6.39. The summed E-state index contributed by atoms with van der Waals surface area (Å²) in [6, 6.07) is 14.2. The number of carbonyl (C=O) groups excluding carboxylic acids is 2. The third kappa shape index (κ3) is 5.77. The van der Waals surface area contributed by atoms with Gasteiger partial charge in [-0.05, 0) is 68.6 Å². The lowest BCUT2D eigenvalue weighted by atomic mass is 10.1. The minimum atomic E-state index is -0.557. The lowest BCUT2D eigenvalue weighted by molar-refractivity contribution is -0.157. The second-order valence-electron chi connectivity index (χ2n) is 7.58. The van der Waals surface area contributed by atoms with Crippen LogP contribution in [0.15, 0.2) is 48.5 Å². The molecule has 3 aromatic rings. The van der Waals surface area contributed by atoms with Gasteiger partial charge in [0, 0.05) is 16.0 Å². The number of hydrogen-bond donors (Lipinski definition) is 2. The van der Waals surface area contributed by atoms with Gasteiger partial charge in [-0.15, -0.1) is 11.3 Å². The number of benzene rings is 2. The molecule has 0 radical (unpaired) electrons. The summed E-state index contributed by atoms with van der Waals surface area (Å²) in [5, 5.41) is 3.77. The Hall–Kier alpha value is -2.97. The Kier molecular flexibility index (Phi) is 6.38. The van der Waals surface area contributed by atoms with Crippen molar-refractivity contribution in [2.45, 2.75) is 26.4 Å². The van der Waals surface area contributed by atoms with Gasteiger partial charge >= 0.3 is 5.97 Å². The molecule has 6 nitrogen and oxygen atoms in total. The van der Waals surface area contributed by atoms with E-state index in [1.165, 1.54) is 11.3 Å². The number of anilines is 1. The molecule has 1 aromatic heterocycles. The highest BCUT2D eigenvalue weighted by atomic mass is 32.1. The average Bonchev–Trinajstić information content (AvgIpc) is 3.09. The zero-order chi connectivity index (χ0) is 21.9. The minimum absolute atomic E-state index is 0.182. The maximum Gasteiger partial charge on any atom is 0.344 e. The monoisotopic (exact) mass is 442 g/mol. The van der Waals surface area contributed by atoms with E-state index in [0.717, 1.165) is 15.6 Å². The minimum Gasteiger partial charge on any atom is -0.482 e. The highest BCUT2D eigenvalue weighted by molar-refractivity contribution is 7.80. The van der Waals surface area contributed by atoms with Crippen molar-refractivity contribution in [3.05, 3.63) is 59.0 Å². The number of rotatable bonds is 6. The zero-order valence-electron chi connectivity index (χ0n) is 16.9. The number of nitrogens with one attached hydrogen (secondary N) is 1. The number of hydrogen-bond acceptors (Lipinski definition) is 6. The fourth-order valence-electron chi connectivity index (χ4n) is 2.65. The summed E-state index contributed by atoms with van der Waals surface area (Å²) in [6.45, 7) is 5.21. The maximum absolute atomic E-state index is 12.6. The number of nitrogens with two attached hydrogens (primary N) is 1. The van der Waals surface area contributed by atoms with Crippen LogP contribution in [-0.4, -0.2) is 29.1 Å². The fourth-order valence-corrected chi connectivity index (χ4v) is 3.71. The van der Waals surface area contributed by atoms with Gasteiger partial charge in [-0.1, -0.05) is 18.3 Å². The molecule has 1 amide bonds. The molecule has 156 valence electrons. The largest absolute Gasteiger partial charge is 0.482 e. The number of fused-ring (bicyclic) bond motifs is 1. The predicted octanol–water partition coefficient (Wildman–Crippen LogP) is 4.51. The van der Waals surface area contributed by atoms with Crippen molar-refractivity contribution < 1.29 is 19.1 Å². The Morgan fingerprint density at radius 3 is 2.43 bits per heavy atom. The van der Waals surface area contributed by atoms with Crippen molar-refractivity contribution in [2.75, 3.05) is 11.9 Å². The van der Waals surface area contributed by atoms with Crippen molar-refractivity contribution >= 4 is 56.2 Å². The van der Waals surface area contributed by atoms with E-state index < -0.39 is 11.6 Å². The van der Waals surface area contributed by atoms with E-state index in [9.17, 15) is 9.59 Å². The van der Waals surface area contributed by atoms with Gasteiger partial charge in [0.1, 0.15) is 16.3 Å². The van der Waals surface area contributed by atoms with Crippen LogP contribution >= 0.6 is 23.6 Å². The second-order valence-corrected chi connectivity index (χ2v) is 9.10. The van der Waals surface area contributed by atoms with Crippen LogP contribution in [0.2, 0.25) is 0 Å². The maximum atomic E-state index is 12.6. The molecular weight excluding hydrogens is 420 g/mol. The quantitative estimate of drug-likeness (QED) is 0.431. The van der Waals surface area contributed by atoms with Gasteiger partial charge in [-0.25, -0.2) is 4.79 Å². The predicted molar refractivity (Wildman–Crippen MR) is 123 cm³/mol. The molecule has 0 saturated heterocycles. The van der Waals surface area contributed by atoms with Gasteiger partial charge < -0.3 is 20.5 Å². The Bertz CT molecular complexity index is 1100. The SMILES string of the molecule is CC(C)(C)OC(=O)COc1ccc(NC(=O)c2cc3cc(C(N)=S)ccc3s2)cc1. The molecule has 0 aliphatic heterocycles. The number of ether oxygens (including phenoxy) is 2. The standard InChI is InChI=1S/C22H22N2O4S2/c1-22(2,3)28-19(25)12-27-16-7-5-15(6-8-16)24-21(26)18-11-14-10-13(20(23)29)4-9-17(14)30-18/h4-11H,12H2,1-3H3,(H2,23,29)(H,24,26). The molecule has 0 atom stereocenters. The van der Waals surface area contributed by atoms with Crippen LogP contribution in [-0.2, 0) is 9.53 Å². The van der Waals surface area contributed by atoms with Crippen LogP contribution in [0.1, 0.15) is 36.0 Å². The molecular formula is C22H22N2O4S2. The highest BCUT2D eigenvalue weighted by Gasteiger charge is 2.16. The molecule has 2 aromatic carbocycles. The molecule has 3 rings (SSSR count). The van der Waals surface area contributed by atoms with Crippen LogP contribution in [0.5, 0.6) is 5.75 Å². The number of amides is 1. The molecule has 0 fully saturated rings. The van der Waals surface area contributed by atoms with Gasteiger partial charge in [0.25, 0.3) is 5.91 Å². The first kappa shape index (κ1) is 21.7. The topological polar surface area (TPSA) is 90.6 Å². The van der Waals surface area contributed by atoms with Gasteiger partial charge in [0.05, 0.1) is 4.88 Å². The van der Waals surface area contributed by atoms with Crippen molar-refractivity contribution in [3.8, 4) is 5.75 Å². The Morgan fingerprint density at radius 1 is 1.10 bits per heavy atom. The van der Waals surface area contributed by atoms with Crippen LogP contribution in [0.4, 0.5) is 5.69 Å². The molecule has 0 unspecified atom stereocenters. The summed E-state index contributed by atoms with van der Waals surface area (Å²) in [7, 11) is 0. The Labute approximate surface area is 184 Å². The van der Waals surface area contributed by atoms with E-state index >= 15 is 0 Å². The second kappa shape index (κ2) is 8.81. The average molecular weight is 443 g/mol. The third-order valence-corrected chi connectivity index (χ3v) is 5.26. The summed E-state index contributed by atoms with van der Waals surface area (Å²) in [6.07, 6.45) is 0. The van der Waals surface area contributed by atoms with Crippen LogP contribution in [0.3, 0.4) is 0 Å². The first-order chi connectivity index (χ1) is 14.1. The first-order valence-electron chi connectivity index (χ1n) is 9.20. The lowest BCUT2D eigenvalue weighted by Crippen LogP contribution is -2.27. The van der Waals surface area contributed by atoms with Crippen LogP contribution in [0.25, 0.3) is 10.1 Å². The summed E-state index contributed by atoms with van der Waals surface area (Å²) in [5.41, 5.74) is 6.50. The number of thiocarbonyl (C=S) groups is 1. The Balaban J connectivity index is 1.61. The van der Waals surface area contributed by atoms with E-state index in [2.05, 4.69) is 5.32 Å². The zero-order valence-corrected chi connectivity index (χ0v) is 18.5. The number of carbonyl (C=O) groups is 2. The smallest absolute Gasteiger partial charge is 0.344 e. The molecule has 0 spiro atoms. The Morgan fingerprint density at radius 2 is 1.80 bits per heavy atom. The van der Waals surface area contributed by atoms with Crippen LogP contribution in [0, 0.1) is 0 Å². The van der Waals surface area contributed by atoms with Crippen molar-refractivity contribution in [1.29, 1.82) is 0 Å². The van der Waals surface area contributed by atoms with E-state index in [4.69, 9.17) is 27.4 Å². The van der Waals surface area contributed by atoms with Gasteiger partial charge in [-0.2, -0.15) is 0 Å². The molecule has 30 heavy (non-hydrogen) atoms. The van der Waals surface area contributed by atoms with Crippen molar-refractivity contribution in [1.82, 2.24) is 0 Å². The third-order valence-electron chi connectivity index (χ3n) is 3.91. The van der Waals surface area contributed by atoms with Gasteiger partial charge in [-0.3, -0.25) is 4.79 Å². The van der Waals surface area contributed by atoms with E-state index in [1.807, 2.05) is 24.3 Å². The number of esters is 1. The van der Waals surface area contributed by atoms with E-state index in [1.54, 1.807) is 45.0 Å². The van der Waals surface area contributed by atoms with E-state index in [-0.39, 0.29) is 12.5 Å². The summed E-state index contributed by atoms with van der Waals surface area (Å²) < 4.78 is 11.6. The highest BCUT2D eigenvalue weighted by Crippen LogP contribution is 2.27. The number of thiophene rings is 1. The molecule has 0 aliphatic carbocycles. The summed E-state index contributed by atoms with van der Waals surface area (Å²) in [5.74, 6) is -0.148. The van der Waals surface area contributed by atoms with Crippen molar-refractivity contribution in [2.24, 2.45) is 5.73 Å². The fraction of sp³-hybridized carbons (Fsp3) is 0.227. The summed E-state index contributed by atoms with van der Waals surface area (Å²) in [4.78, 5) is 25.2.